The van der Waals surface area contributed by atoms with Crippen molar-refractivity contribution in [1.82, 2.24) is 9.80 Å². The minimum atomic E-state index is -1.08. The first kappa shape index (κ1) is 14.8. The van der Waals surface area contributed by atoms with Crippen LogP contribution in [-0.2, 0) is 4.79 Å². The zero-order valence-corrected chi connectivity index (χ0v) is 12.0. The van der Waals surface area contributed by atoms with Crippen LogP contribution in [0.25, 0.3) is 0 Å². The molecule has 2 rings (SSSR count). The Balaban J connectivity index is 1.75. The molecule has 0 aromatic rings. The standard InChI is InChI=1S/C14H27N3O2/c1-14(15,13(18)19)6-3-7-16-8-4-10-17-9-2-5-12(17)11-16/h12H,2-11,15H2,1H3,(H,18,19). The van der Waals surface area contributed by atoms with Crippen molar-refractivity contribution in [3.63, 3.8) is 0 Å². The summed E-state index contributed by atoms with van der Waals surface area (Å²) in [6.07, 6.45) is 5.30. The second-order valence-electron chi connectivity index (χ2n) is 6.31. The number of nitrogens with two attached hydrogens (primary N) is 1. The number of fused-ring (bicyclic) bond motifs is 1. The van der Waals surface area contributed by atoms with Crippen LogP contribution in [0.15, 0.2) is 0 Å². The van der Waals surface area contributed by atoms with Crippen LogP contribution in [0.4, 0.5) is 0 Å². The Labute approximate surface area is 115 Å². The summed E-state index contributed by atoms with van der Waals surface area (Å²) >= 11 is 0. The molecule has 0 aromatic heterocycles. The van der Waals surface area contributed by atoms with Crippen LogP contribution in [-0.4, -0.2) is 65.2 Å². The molecule has 5 nitrogen and oxygen atoms in total. The van der Waals surface area contributed by atoms with Gasteiger partial charge in [0.2, 0.25) is 0 Å². The number of rotatable bonds is 5. The van der Waals surface area contributed by atoms with Gasteiger partial charge in [0.15, 0.2) is 0 Å². The zero-order valence-electron chi connectivity index (χ0n) is 12.0. The van der Waals surface area contributed by atoms with E-state index in [4.69, 9.17) is 10.8 Å². The van der Waals surface area contributed by atoms with E-state index in [0.29, 0.717) is 6.42 Å². The number of carboxylic acid groups (broad SMARTS) is 1. The summed E-state index contributed by atoms with van der Waals surface area (Å²) in [6.45, 7) is 7.36. The summed E-state index contributed by atoms with van der Waals surface area (Å²) in [5.41, 5.74) is 4.69. The summed E-state index contributed by atoms with van der Waals surface area (Å²) in [4.78, 5) is 16.1. The van der Waals surface area contributed by atoms with Crippen LogP contribution < -0.4 is 5.73 Å². The molecule has 0 radical (unpaired) electrons. The van der Waals surface area contributed by atoms with Gasteiger partial charge in [0.1, 0.15) is 5.54 Å². The molecule has 2 aliphatic rings. The highest BCUT2D eigenvalue weighted by molar-refractivity contribution is 5.77. The second kappa shape index (κ2) is 6.20. The van der Waals surface area contributed by atoms with Crippen molar-refractivity contribution in [2.45, 2.75) is 50.6 Å². The van der Waals surface area contributed by atoms with E-state index in [1.165, 1.54) is 32.4 Å². The van der Waals surface area contributed by atoms with Gasteiger partial charge < -0.3 is 15.7 Å². The number of nitrogens with zero attached hydrogens (tertiary/aromatic N) is 2. The van der Waals surface area contributed by atoms with Crippen molar-refractivity contribution in [2.24, 2.45) is 5.73 Å². The van der Waals surface area contributed by atoms with Gasteiger partial charge in [-0.1, -0.05) is 0 Å². The van der Waals surface area contributed by atoms with Crippen LogP contribution in [0.2, 0.25) is 0 Å². The molecule has 2 unspecified atom stereocenters. The van der Waals surface area contributed by atoms with Gasteiger partial charge in [-0.2, -0.15) is 0 Å². The van der Waals surface area contributed by atoms with Gasteiger partial charge in [-0.3, -0.25) is 9.69 Å². The Morgan fingerprint density at radius 1 is 1.37 bits per heavy atom. The fraction of sp³-hybridized carbons (Fsp3) is 0.929. The van der Waals surface area contributed by atoms with Gasteiger partial charge in [-0.25, -0.2) is 0 Å². The first-order valence-corrected chi connectivity index (χ1v) is 7.48. The Bertz CT molecular complexity index is 320. The lowest BCUT2D eigenvalue weighted by atomic mass is 9.97. The Morgan fingerprint density at radius 3 is 2.84 bits per heavy atom. The maximum Gasteiger partial charge on any atom is 0.323 e. The summed E-state index contributed by atoms with van der Waals surface area (Å²) < 4.78 is 0. The van der Waals surface area contributed by atoms with Crippen LogP contribution in [0.5, 0.6) is 0 Å². The number of aliphatic carboxylic acids is 1. The van der Waals surface area contributed by atoms with Crippen molar-refractivity contribution in [3.8, 4) is 0 Å². The van der Waals surface area contributed by atoms with Gasteiger partial charge in [-0.15, -0.1) is 0 Å². The fourth-order valence-corrected chi connectivity index (χ4v) is 3.26. The lowest BCUT2D eigenvalue weighted by Gasteiger charge is -2.26. The minimum absolute atomic E-state index is 0.549. The SMILES string of the molecule is CC(N)(CCCN1CCCN2CCCC2C1)C(=O)O. The summed E-state index contributed by atoms with van der Waals surface area (Å²) in [7, 11) is 0. The van der Waals surface area contributed by atoms with E-state index in [1.807, 2.05) is 0 Å². The van der Waals surface area contributed by atoms with Crippen LogP contribution in [0, 0.1) is 0 Å². The van der Waals surface area contributed by atoms with E-state index < -0.39 is 11.5 Å². The smallest absolute Gasteiger partial charge is 0.323 e. The average molecular weight is 269 g/mol. The van der Waals surface area contributed by atoms with Crippen molar-refractivity contribution < 1.29 is 9.90 Å². The lowest BCUT2D eigenvalue weighted by molar-refractivity contribution is -0.142. The van der Waals surface area contributed by atoms with E-state index in [-0.39, 0.29) is 0 Å². The molecule has 2 aliphatic heterocycles. The molecule has 0 aromatic carbocycles. The molecule has 2 saturated heterocycles. The summed E-state index contributed by atoms with van der Waals surface area (Å²) in [5.74, 6) is -0.898. The number of hydrogen-bond acceptors (Lipinski definition) is 4. The average Bonchev–Trinajstić information content (AvgIpc) is 2.68. The molecule has 0 spiro atoms. The second-order valence-corrected chi connectivity index (χ2v) is 6.31. The summed E-state index contributed by atoms with van der Waals surface area (Å²) in [6, 6.07) is 0.728. The molecule has 2 heterocycles. The van der Waals surface area contributed by atoms with Gasteiger partial charge in [0, 0.05) is 12.6 Å². The van der Waals surface area contributed by atoms with Gasteiger partial charge in [-0.05, 0) is 65.2 Å². The quantitative estimate of drug-likeness (QED) is 0.770. The molecular weight excluding hydrogens is 242 g/mol. The molecule has 3 N–H and O–H groups in total. The van der Waals surface area contributed by atoms with E-state index >= 15 is 0 Å². The molecule has 0 saturated carbocycles. The maximum absolute atomic E-state index is 11.0. The minimum Gasteiger partial charge on any atom is -0.480 e. The van der Waals surface area contributed by atoms with Crippen molar-refractivity contribution in [1.29, 1.82) is 0 Å². The Kier molecular flexibility index (Phi) is 4.81. The van der Waals surface area contributed by atoms with E-state index in [1.54, 1.807) is 6.92 Å². The van der Waals surface area contributed by atoms with Crippen molar-refractivity contribution >= 4 is 5.97 Å². The predicted molar refractivity (Wildman–Crippen MR) is 75.1 cm³/mol. The number of carbonyl (C=O) groups is 1. The third kappa shape index (κ3) is 3.91. The molecule has 2 fully saturated rings. The predicted octanol–water partition coefficient (Wildman–Crippen LogP) is 0.739. The number of carboxylic acids is 1. The molecule has 0 aliphatic carbocycles. The number of hydrogen-bond donors (Lipinski definition) is 2. The highest BCUT2D eigenvalue weighted by Crippen LogP contribution is 2.21. The van der Waals surface area contributed by atoms with E-state index in [9.17, 15) is 4.79 Å². The fourth-order valence-electron chi connectivity index (χ4n) is 3.26. The largest absolute Gasteiger partial charge is 0.480 e. The van der Waals surface area contributed by atoms with E-state index in [0.717, 1.165) is 32.1 Å². The van der Waals surface area contributed by atoms with Crippen LogP contribution >= 0.6 is 0 Å². The molecule has 0 bridgehead atoms. The first-order valence-electron chi connectivity index (χ1n) is 7.48. The Hall–Kier alpha value is -0.650. The highest BCUT2D eigenvalue weighted by atomic mass is 16.4. The monoisotopic (exact) mass is 269 g/mol. The molecule has 0 amide bonds. The molecular formula is C14H27N3O2. The van der Waals surface area contributed by atoms with Crippen LogP contribution in [0.1, 0.15) is 39.0 Å². The molecule has 5 heteroatoms. The van der Waals surface area contributed by atoms with Gasteiger partial charge in [0.05, 0.1) is 0 Å². The normalized spacial score (nSPS) is 28.6. The topological polar surface area (TPSA) is 69.8 Å². The van der Waals surface area contributed by atoms with Crippen molar-refractivity contribution in [2.75, 3.05) is 32.7 Å². The van der Waals surface area contributed by atoms with Crippen molar-refractivity contribution in [3.05, 3.63) is 0 Å². The third-order valence-electron chi connectivity index (χ3n) is 4.55. The first-order chi connectivity index (χ1) is 8.99. The maximum atomic E-state index is 11.0. The van der Waals surface area contributed by atoms with Gasteiger partial charge >= 0.3 is 5.97 Å². The lowest BCUT2D eigenvalue weighted by Crippen LogP contribution is -2.45. The van der Waals surface area contributed by atoms with E-state index in [2.05, 4.69) is 9.80 Å². The third-order valence-corrected chi connectivity index (χ3v) is 4.55. The Morgan fingerprint density at radius 2 is 2.11 bits per heavy atom. The molecule has 110 valence electrons. The molecule has 2 atom stereocenters. The zero-order chi connectivity index (χ0) is 13.9. The molecule has 19 heavy (non-hydrogen) atoms. The van der Waals surface area contributed by atoms with Crippen LogP contribution in [0.3, 0.4) is 0 Å². The highest BCUT2D eigenvalue weighted by Gasteiger charge is 2.30. The summed E-state index contributed by atoms with van der Waals surface area (Å²) in [5, 5.41) is 9.00. The van der Waals surface area contributed by atoms with Gasteiger partial charge in [0.25, 0.3) is 0 Å².